The molecule has 8 heteroatoms. The minimum atomic E-state index is -1.74. The number of Topliss-reactive ketones (excluding diaryl/α,β-unsaturated/α-hetero) is 1. The molecule has 0 aromatic rings. The van der Waals surface area contributed by atoms with Crippen LogP contribution in [0.15, 0.2) is 47.6 Å². The molecule has 6 fully saturated rings. The van der Waals surface area contributed by atoms with E-state index in [1.54, 1.807) is 12.2 Å². The number of hydrogen-bond donors (Lipinski definition) is 2. The summed E-state index contributed by atoms with van der Waals surface area (Å²) in [6.07, 6.45) is 24.4. The predicted octanol–water partition coefficient (Wildman–Crippen LogP) is 10.3. The van der Waals surface area contributed by atoms with Crippen LogP contribution < -0.4 is 0 Å². The van der Waals surface area contributed by atoms with Crippen molar-refractivity contribution in [1.82, 2.24) is 0 Å². The summed E-state index contributed by atoms with van der Waals surface area (Å²) in [4.78, 5) is 52.0. The molecule has 2 N–H and O–H groups in total. The highest BCUT2D eigenvalue weighted by Gasteiger charge is 2.68. The first-order chi connectivity index (χ1) is 29.3. The van der Waals surface area contributed by atoms with Crippen LogP contribution in [0.5, 0.6) is 0 Å². The molecule has 0 heterocycles. The monoisotopic (exact) mass is 855 g/mol. The van der Waals surface area contributed by atoms with Crippen LogP contribution in [0.4, 0.5) is 0 Å². The Labute approximate surface area is 372 Å². The number of hydrogen-bond acceptors (Lipinski definition) is 8. The van der Waals surface area contributed by atoms with Gasteiger partial charge < -0.3 is 19.7 Å². The number of rotatable bonds is 12. The fourth-order valence-electron chi connectivity index (χ4n) is 16.5. The molecule has 0 radical (unpaired) electrons. The number of ketones is 2. The highest BCUT2D eigenvalue weighted by Crippen LogP contribution is 2.69. The Balaban J connectivity index is 0.811. The summed E-state index contributed by atoms with van der Waals surface area (Å²) in [6, 6.07) is 0. The number of ether oxygens (including phenoxy) is 2. The zero-order chi connectivity index (χ0) is 44.6. The second-order valence-corrected chi connectivity index (χ2v) is 23.1. The van der Waals surface area contributed by atoms with Crippen LogP contribution >= 0.6 is 0 Å². The number of esters is 2. The van der Waals surface area contributed by atoms with Crippen LogP contribution in [0.3, 0.4) is 0 Å². The maximum atomic E-state index is 13.8. The molecule has 0 aliphatic heterocycles. The Kier molecular flexibility index (Phi) is 12.4. The van der Waals surface area contributed by atoms with Gasteiger partial charge in [0.05, 0.1) is 18.9 Å². The van der Waals surface area contributed by atoms with E-state index >= 15 is 0 Å². The maximum Gasteiger partial charge on any atom is 0.306 e. The molecule has 0 spiro atoms. The molecule has 0 saturated heterocycles. The van der Waals surface area contributed by atoms with Crippen molar-refractivity contribution in [3.63, 3.8) is 0 Å². The van der Waals surface area contributed by atoms with Gasteiger partial charge in [0.25, 0.3) is 0 Å². The average molecular weight is 855 g/mol. The zero-order valence-electron chi connectivity index (χ0n) is 39.3. The second kappa shape index (κ2) is 16.9. The van der Waals surface area contributed by atoms with Gasteiger partial charge in [0, 0.05) is 23.2 Å². The van der Waals surface area contributed by atoms with Crippen molar-refractivity contribution in [3.05, 3.63) is 47.6 Å². The van der Waals surface area contributed by atoms with E-state index in [-0.39, 0.29) is 60.7 Å². The molecule has 8 aliphatic rings. The SMILES string of the molecule is CC[C@H](C=C[C@@H](C)[C@H]1CC[C@H]2[C@@H]3CC=C4C[C@@H](OC(=O)CCC(=O)OCC(=O)[C@@]5(O)CC[C@H]6[C@@H]7CCC8=CC(=O)C=C[C@]8(C)[C@H]7[C@@H](O)C[C@@]65C)CC[C@]4(C)[C@H]3CC[C@]12C)C(C)C. The topological polar surface area (TPSA) is 127 Å². The van der Waals surface area contributed by atoms with Crippen LogP contribution in [0.25, 0.3) is 0 Å². The number of carbonyl (C=O) groups is 4. The molecular weight excluding hydrogens is 777 g/mol. The van der Waals surface area contributed by atoms with Crippen molar-refractivity contribution in [2.24, 2.45) is 80.8 Å². The number of aliphatic hydroxyl groups excluding tert-OH is 1. The molecular formula is C54H78O8. The summed E-state index contributed by atoms with van der Waals surface area (Å²) >= 11 is 0. The summed E-state index contributed by atoms with van der Waals surface area (Å²) in [5.74, 6) is 3.16. The zero-order valence-corrected chi connectivity index (χ0v) is 39.3. The van der Waals surface area contributed by atoms with Gasteiger partial charge in [0.15, 0.2) is 12.4 Å². The summed E-state index contributed by atoms with van der Waals surface area (Å²) in [6.45, 7) is 18.0. The first kappa shape index (κ1) is 45.7. The van der Waals surface area contributed by atoms with E-state index < -0.39 is 46.9 Å². The van der Waals surface area contributed by atoms with Crippen molar-refractivity contribution in [2.75, 3.05) is 6.61 Å². The largest absolute Gasteiger partial charge is 0.462 e. The van der Waals surface area contributed by atoms with Gasteiger partial charge in [-0.15, -0.1) is 0 Å². The smallest absolute Gasteiger partial charge is 0.306 e. The quantitative estimate of drug-likeness (QED) is 0.147. The van der Waals surface area contributed by atoms with Crippen LogP contribution in [-0.4, -0.2) is 58.1 Å². The normalized spacial score (nSPS) is 44.2. The molecule has 342 valence electrons. The average Bonchev–Trinajstić information content (AvgIpc) is 3.72. The van der Waals surface area contributed by atoms with Crippen LogP contribution in [0, 0.1) is 80.8 Å². The lowest BCUT2D eigenvalue weighted by atomic mass is 9.46. The Morgan fingerprint density at radius 3 is 2.35 bits per heavy atom. The van der Waals surface area contributed by atoms with Gasteiger partial charge in [-0.1, -0.05) is 90.8 Å². The summed E-state index contributed by atoms with van der Waals surface area (Å²) in [7, 11) is 0. The van der Waals surface area contributed by atoms with E-state index in [1.165, 1.54) is 37.7 Å². The molecule has 16 atom stereocenters. The van der Waals surface area contributed by atoms with E-state index in [1.807, 2.05) is 13.0 Å². The Bertz CT molecular complexity index is 1910. The minimum absolute atomic E-state index is 0.00609. The van der Waals surface area contributed by atoms with Crippen LogP contribution in [-0.2, 0) is 28.7 Å². The Morgan fingerprint density at radius 1 is 0.871 bits per heavy atom. The third kappa shape index (κ3) is 7.49. The molecule has 0 bridgehead atoms. The number of carbonyl (C=O) groups excluding carboxylic acids is 4. The third-order valence-corrected chi connectivity index (χ3v) is 20.1. The van der Waals surface area contributed by atoms with Gasteiger partial charge in [-0.05, 0) is 160 Å². The fourth-order valence-corrected chi connectivity index (χ4v) is 16.5. The molecule has 6 saturated carbocycles. The highest BCUT2D eigenvalue weighted by atomic mass is 16.5. The van der Waals surface area contributed by atoms with Gasteiger partial charge in [-0.25, -0.2) is 0 Å². The maximum absolute atomic E-state index is 13.8. The molecule has 0 amide bonds. The van der Waals surface area contributed by atoms with Crippen molar-refractivity contribution < 1.29 is 38.9 Å². The summed E-state index contributed by atoms with van der Waals surface area (Å²) in [5, 5.41) is 23.7. The van der Waals surface area contributed by atoms with Gasteiger partial charge in [0.2, 0.25) is 5.78 Å². The predicted molar refractivity (Wildman–Crippen MR) is 240 cm³/mol. The molecule has 62 heavy (non-hydrogen) atoms. The van der Waals surface area contributed by atoms with E-state index in [4.69, 9.17) is 9.47 Å². The number of aliphatic hydroxyl groups is 2. The minimum Gasteiger partial charge on any atom is -0.462 e. The van der Waals surface area contributed by atoms with Gasteiger partial charge in [0.1, 0.15) is 11.7 Å². The van der Waals surface area contributed by atoms with Crippen molar-refractivity contribution >= 4 is 23.5 Å². The van der Waals surface area contributed by atoms with E-state index in [2.05, 4.69) is 66.7 Å². The lowest BCUT2D eigenvalue weighted by Crippen LogP contribution is -2.61. The standard InChI is InChI=1S/C54H78O8/c1-9-34(32(2)3)11-10-33(4)41-16-17-42-39-14-12-36-29-38(21-25-50(36,5)43(39)22-26-52(41,42)7)62-48(59)19-18-47(58)61-31-46(57)54(60)27-23-44-40-15-13-35-28-37(55)20-24-51(35,6)49(40)45(56)30-53(44,54)8/h10-12,20,24,28,32-34,38-45,49,56,60H,9,13-19,21-23,25-27,29-31H2,1-8H3/t33-,34-,38+,39+,40+,41-,42+,43+,44+,45+,49-,50+,51+,52-,53+,54+/m1/s1. The van der Waals surface area contributed by atoms with E-state index in [0.717, 1.165) is 61.9 Å². The summed E-state index contributed by atoms with van der Waals surface area (Å²) < 4.78 is 11.4. The van der Waals surface area contributed by atoms with Gasteiger partial charge in [-0.2, -0.15) is 0 Å². The van der Waals surface area contributed by atoms with Crippen molar-refractivity contribution in [1.29, 1.82) is 0 Å². The van der Waals surface area contributed by atoms with Crippen molar-refractivity contribution in [2.45, 2.75) is 176 Å². The van der Waals surface area contributed by atoms with E-state index in [9.17, 15) is 29.4 Å². The lowest BCUT2D eigenvalue weighted by molar-refractivity contribution is -0.181. The molecule has 0 unspecified atom stereocenters. The van der Waals surface area contributed by atoms with Crippen LogP contribution in [0.2, 0.25) is 0 Å². The molecule has 0 aromatic carbocycles. The number of fused-ring (bicyclic) bond motifs is 10. The Morgan fingerprint density at radius 2 is 1.61 bits per heavy atom. The first-order valence-corrected chi connectivity index (χ1v) is 24.9. The third-order valence-electron chi connectivity index (χ3n) is 20.1. The number of allylic oxidation sites excluding steroid dienone is 7. The fraction of sp³-hybridized carbons (Fsp3) is 0.778. The van der Waals surface area contributed by atoms with Gasteiger partial charge >= 0.3 is 11.9 Å². The highest BCUT2D eigenvalue weighted by molar-refractivity contribution is 6.01. The van der Waals surface area contributed by atoms with E-state index in [0.29, 0.717) is 35.5 Å². The molecule has 8 nitrogen and oxygen atoms in total. The Hall–Kier alpha value is -2.84. The molecule has 8 aliphatic carbocycles. The first-order valence-electron chi connectivity index (χ1n) is 24.9. The lowest BCUT2D eigenvalue weighted by Gasteiger charge is -2.59. The van der Waals surface area contributed by atoms with Gasteiger partial charge in [-0.3, -0.25) is 19.2 Å². The molecule has 0 aromatic heterocycles. The van der Waals surface area contributed by atoms with Crippen molar-refractivity contribution in [3.8, 4) is 0 Å². The second-order valence-electron chi connectivity index (χ2n) is 23.1. The summed E-state index contributed by atoms with van der Waals surface area (Å²) in [5.41, 5.74) is -0.00960. The molecule has 8 rings (SSSR count). The van der Waals surface area contributed by atoms with Crippen LogP contribution in [0.1, 0.15) is 158 Å².